The van der Waals surface area contributed by atoms with Crippen LogP contribution < -0.4 is 5.32 Å². The van der Waals surface area contributed by atoms with Crippen LogP contribution in [0.1, 0.15) is 34.1 Å². The number of likely N-dealkylation sites (N-methyl/N-ethyl adjacent to an activating group) is 1. The molecule has 0 amide bonds. The van der Waals surface area contributed by atoms with E-state index >= 15 is 0 Å². The summed E-state index contributed by atoms with van der Waals surface area (Å²) in [4.78, 5) is 0. The van der Waals surface area contributed by atoms with Gasteiger partial charge in [-0.1, -0.05) is 13.8 Å². The van der Waals surface area contributed by atoms with Crippen LogP contribution in [0.4, 0.5) is 0 Å². The fourth-order valence-corrected chi connectivity index (χ4v) is 3.14. The summed E-state index contributed by atoms with van der Waals surface area (Å²) in [7, 11) is -3.22. The first kappa shape index (κ1) is 17.8. The van der Waals surface area contributed by atoms with Gasteiger partial charge in [0.1, 0.15) is 0 Å². The second-order valence-corrected chi connectivity index (χ2v) is 6.60. The van der Waals surface area contributed by atoms with E-state index in [0.717, 1.165) is 13.0 Å². The average molecular weight is 280 g/mol. The Balaban J connectivity index is 4.35. The van der Waals surface area contributed by atoms with Gasteiger partial charge in [0.15, 0.2) is 0 Å². The van der Waals surface area contributed by atoms with Crippen LogP contribution in [0, 0.1) is 0 Å². The van der Waals surface area contributed by atoms with E-state index < -0.39 is 15.3 Å². The first-order valence-corrected chi connectivity index (χ1v) is 8.28. The summed E-state index contributed by atoms with van der Waals surface area (Å²) < 4.78 is 31.3. The average Bonchev–Trinajstić information content (AvgIpc) is 2.34. The zero-order valence-corrected chi connectivity index (χ0v) is 12.9. The van der Waals surface area contributed by atoms with Crippen molar-refractivity contribution in [2.24, 2.45) is 0 Å². The second kappa shape index (κ2) is 9.72. The molecule has 0 radical (unpaired) electrons. The molecule has 0 rings (SSSR count). The Labute approximate surface area is 112 Å². The fourth-order valence-electron chi connectivity index (χ4n) is 1.62. The first-order valence-electron chi connectivity index (χ1n) is 6.78. The lowest BCUT2D eigenvalue weighted by Gasteiger charge is -2.24. The van der Waals surface area contributed by atoms with E-state index in [4.69, 9.17) is 4.74 Å². The molecule has 0 aliphatic heterocycles. The van der Waals surface area contributed by atoms with Crippen LogP contribution in [0.3, 0.4) is 0 Å². The van der Waals surface area contributed by atoms with Crippen molar-refractivity contribution < 1.29 is 13.2 Å². The highest BCUT2D eigenvalue weighted by molar-refractivity contribution is 7.89. The van der Waals surface area contributed by atoms with Gasteiger partial charge in [-0.3, -0.25) is 0 Å². The number of nitrogens with zero attached hydrogens (tertiary/aromatic N) is 1. The Bertz CT molecular complexity index is 294. The van der Waals surface area contributed by atoms with Crippen molar-refractivity contribution in [1.29, 1.82) is 0 Å². The molecule has 110 valence electrons. The predicted molar refractivity (Wildman–Crippen MR) is 75.3 cm³/mol. The second-order valence-electron chi connectivity index (χ2n) is 4.25. The van der Waals surface area contributed by atoms with Gasteiger partial charge < -0.3 is 10.1 Å². The predicted octanol–water partition coefficient (Wildman–Crippen LogP) is 1.06. The maximum Gasteiger partial charge on any atom is 0.218 e. The van der Waals surface area contributed by atoms with E-state index in [-0.39, 0.29) is 0 Å². The molecule has 0 saturated heterocycles. The van der Waals surface area contributed by atoms with Gasteiger partial charge in [0, 0.05) is 26.2 Å². The zero-order valence-electron chi connectivity index (χ0n) is 12.1. The number of sulfonamides is 1. The molecule has 1 unspecified atom stereocenters. The van der Waals surface area contributed by atoms with Crippen molar-refractivity contribution in [2.75, 3.05) is 39.4 Å². The van der Waals surface area contributed by atoms with Gasteiger partial charge in [-0.15, -0.1) is 0 Å². The number of rotatable bonds is 11. The summed E-state index contributed by atoms with van der Waals surface area (Å²) in [6, 6.07) is 0. The van der Waals surface area contributed by atoms with Crippen LogP contribution in [0.15, 0.2) is 0 Å². The van der Waals surface area contributed by atoms with Gasteiger partial charge in [-0.2, -0.15) is 4.31 Å². The molecule has 0 aliphatic carbocycles. The Morgan fingerprint density at radius 1 is 1.28 bits per heavy atom. The van der Waals surface area contributed by atoms with E-state index in [2.05, 4.69) is 12.2 Å². The highest BCUT2D eigenvalue weighted by Crippen LogP contribution is 2.08. The first-order chi connectivity index (χ1) is 8.50. The lowest BCUT2D eigenvalue weighted by Crippen LogP contribution is -2.43. The van der Waals surface area contributed by atoms with Gasteiger partial charge in [-0.05, 0) is 26.8 Å². The quantitative estimate of drug-likeness (QED) is 0.575. The third-order valence-electron chi connectivity index (χ3n) is 2.77. The minimum atomic E-state index is -3.22. The molecule has 0 aromatic rings. The lowest BCUT2D eigenvalue weighted by atomic mass is 10.4. The molecule has 0 heterocycles. The summed E-state index contributed by atoms with van der Waals surface area (Å²) in [5.41, 5.74) is 0. The van der Waals surface area contributed by atoms with E-state index in [1.54, 1.807) is 6.92 Å². The normalized spacial score (nSPS) is 14.1. The molecule has 0 spiro atoms. The number of ether oxygens (including phenoxy) is 1. The largest absolute Gasteiger partial charge is 0.380 e. The molecule has 6 heteroatoms. The van der Waals surface area contributed by atoms with Crippen LogP contribution in [-0.2, 0) is 14.8 Å². The van der Waals surface area contributed by atoms with Crippen LogP contribution in [-0.4, -0.2) is 57.4 Å². The Hall–Kier alpha value is -0.170. The summed E-state index contributed by atoms with van der Waals surface area (Å²) in [6.07, 6.45) is 1.01. The standard InChI is InChI=1S/C12H28N2O3S/c1-5-8-13-11-12(4)18(15,16)14(6-2)9-10-17-7-3/h12-13H,5-11H2,1-4H3. The molecular formula is C12H28N2O3S. The minimum absolute atomic E-state index is 0.398. The number of nitrogens with one attached hydrogen (secondary N) is 1. The van der Waals surface area contributed by atoms with Gasteiger partial charge in [-0.25, -0.2) is 8.42 Å². The Kier molecular flexibility index (Phi) is 9.63. The minimum Gasteiger partial charge on any atom is -0.380 e. The molecule has 0 saturated carbocycles. The van der Waals surface area contributed by atoms with E-state index in [0.29, 0.717) is 32.8 Å². The number of hydrogen-bond donors (Lipinski definition) is 1. The highest BCUT2D eigenvalue weighted by Gasteiger charge is 2.26. The van der Waals surface area contributed by atoms with Gasteiger partial charge in [0.2, 0.25) is 10.0 Å². The van der Waals surface area contributed by atoms with E-state index in [1.807, 2.05) is 13.8 Å². The summed E-state index contributed by atoms with van der Waals surface area (Å²) in [5, 5.41) is 2.75. The molecular weight excluding hydrogens is 252 g/mol. The van der Waals surface area contributed by atoms with Crippen molar-refractivity contribution >= 4 is 10.0 Å². The summed E-state index contributed by atoms with van der Waals surface area (Å²) in [6.45, 7) is 10.9. The van der Waals surface area contributed by atoms with Gasteiger partial charge >= 0.3 is 0 Å². The maximum atomic E-state index is 12.3. The van der Waals surface area contributed by atoms with Gasteiger partial charge in [0.05, 0.1) is 11.9 Å². The molecule has 0 aromatic carbocycles. The topological polar surface area (TPSA) is 58.6 Å². The third-order valence-corrected chi connectivity index (χ3v) is 5.11. The molecule has 0 aromatic heterocycles. The molecule has 0 fully saturated rings. The molecule has 1 N–H and O–H groups in total. The highest BCUT2D eigenvalue weighted by atomic mass is 32.2. The van der Waals surface area contributed by atoms with Crippen molar-refractivity contribution in [2.45, 2.75) is 39.4 Å². The third kappa shape index (κ3) is 6.13. The van der Waals surface area contributed by atoms with Crippen LogP contribution >= 0.6 is 0 Å². The van der Waals surface area contributed by atoms with Crippen molar-refractivity contribution in [1.82, 2.24) is 9.62 Å². The van der Waals surface area contributed by atoms with Gasteiger partial charge in [0.25, 0.3) is 0 Å². The van der Waals surface area contributed by atoms with Crippen LogP contribution in [0.2, 0.25) is 0 Å². The zero-order chi connectivity index (χ0) is 14.0. The van der Waals surface area contributed by atoms with Crippen LogP contribution in [0.5, 0.6) is 0 Å². The van der Waals surface area contributed by atoms with E-state index in [9.17, 15) is 8.42 Å². The fraction of sp³-hybridized carbons (Fsp3) is 1.00. The number of hydrogen-bond acceptors (Lipinski definition) is 4. The molecule has 0 aliphatic rings. The van der Waals surface area contributed by atoms with Crippen LogP contribution in [0.25, 0.3) is 0 Å². The molecule has 0 bridgehead atoms. The summed E-state index contributed by atoms with van der Waals surface area (Å²) >= 11 is 0. The van der Waals surface area contributed by atoms with Crippen molar-refractivity contribution in [3.8, 4) is 0 Å². The van der Waals surface area contributed by atoms with Crippen molar-refractivity contribution in [3.05, 3.63) is 0 Å². The smallest absolute Gasteiger partial charge is 0.218 e. The lowest BCUT2D eigenvalue weighted by molar-refractivity contribution is 0.135. The SMILES string of the molecule is CCCNCC(C)S(=O)(=O)N(CC)CCOCC. The Morgan fingerprint density at radius 2 is 1.94 bits per heavy atom. The Morgan fingerprint density at radius 3 is 2.44 bits per heavy atom. The summed E-state index contributed by atoms with van der Waals surface area (Å²) in [5.74, 6) is 0. The molecule has 18 heavy (non-hydrogen) atoms. The monoisotopic (exact) mass is 280 g/mol. The molecule has 5 nitrogen and oxygen atoms in total. The molecule has 1 atom stereocenters. The maximum absolute atomic E-state index is 12.3. The van der Waals surface area contributed by atoms with Crippen molar-refractivity contribution in [3.63, 3.8) is 0 Å². The van der Waals surface area contributed by atoms with E-state index in [1.165, 1.54) is 4.31 Å².